The Hall–Kier alpha value is -3.87. The molecule has 0 saturated carbocycles. The molecule has 1 N–H and O–H groups in total. The minimum atomic E-state index is -1.22. The van der Waals surface area contributed by atoms with Crippen LogP contribution in [0.3, 0.4) is 0 Å². The molecule has 1 amide bonds. The molecule has 3 aromatic rings. The highest BCUT2D eigenvalue weighted by Gasteiger charge is 2.48. The van der Waals surface area contributed by atoms with Crippen LogP contribution in [0, 0.1) is 11.6 Å². The van der Waals surface area contributed by atoms with Gasteiger partial charge in [0.1, 0.15) is 23.4 Å². The van der Waals surface area contributed by atoms with E-state index in [1.807, 2.05) is 0 Å². The molecule has 1 atom stereocenters. The van der Waals surface area contributed by atoms with Crippen molar-refractivity contribution in [1.82, 2.24) is 4.98 Å². The predicted molar refractivity (Wildman–Crippen MR) is 102 cm³/mol. The first-order chi connectivity index (χ1) is 14.0. The van der Waals surface area contributed by atoms with Gasteiger partial charge in [-0.25, -0.2) is 8.78 Å². The third-order valence-electron chi connectivity index (χ3n) is 4.63. The van der Waals surface area contributed by atoms with E-state index < -0.39 is 40.8 Å². The summed E-state index contributed by atoms with van der Waals surface area (Å²) < 4.78 is 28.3. The Balaban J connectivity index is 1.98. The summed E-state index contributed by atoms with van der Waals surface area (Å²) >= 11 is 0. The number of anilines is 1. The number of aliphatic hydroxyl groups excluding tert-OH is 1. The first-order valence-electron chi connectivity index (χ1n) is 8.71. The van der Waals surface area contributed by atoms with Gasteiger partial charge in [-0.1, -0.05) is 36.4 Å². The normalized spacial score (nSPS) is 18.3. The van der Waals surface area contributed by atoms with Gasteiger partial charge in [-0.3, -0.25) is 19.5 Å². The van der Waals surface area contributed by atoms with Crippen LogP contribution < -0.4 is 4.90 Å². The zero-order chi connectivity index (χ0) is 20.5. The van der Waals surface area contributed by atoms with Crippen molar-refractivity contribution >= 4 is 23.1 Å². The molecule has 0 radical (unpaired) electrons. The number of aliphatic hydroxyl groups is 1. The number of carbonyl (C=O) groups excluding carboxylic acids is 2. The van der Waals surface area contributed by atoms with E-state index in [4.69, 9.17) is 0 Å². The highest BCUT2D eigenvalue weighted by Crippen LogP contribution is 2.42. The fourth-order valence-electron chi connectivity index (χ4n) is 3.32. The van der Waals surface area contributed by atoms with Gasteiger partial charge in [-0.05, 0) is 24.3 Å². The van der Waals surface area contributed by atoms with Crippen LogP contribution >= 0.6 is 0 Å². The van der Waals surface area contributed by atoms with Crippen LogP contribution in [0.1, 0.15) is 17.3 Å². The second kappa shape index (κ2) is 7.27. The molecule has 4 rings (SSSR count). The zero-order valence-electron chi connectivity index (χ0n) is 14.9. The second-order valence-corrected chi connectivity index (χ2v) is 6.39. The van der Waals surface area contributed by atoms with Crippen LogP contribution in [0.25, 0.3) is 5.76 Å². The van der Waals surface area contributed by atoms with Crippen molar-refractivity contribution in [1.29, 1.82) is 0 Å². The topological polar surface area (TPSA) is 70.5 Å². The Labute approximate surface area is 164 Å². The monoisotopic (exact) mass is 392 g/mol. The first-order valence-corrected chi connectivity index (χ1v) is 8.71. The molecule has 0 bridgehead atoms. The summed E-state index contributed by atoms with van der Waals surface area (Å²) in [6, 6.07) is 14.4. The van der Waals surface area contributed by atoms with Gasteiger partial charge in [0.2, 0.25) is 0 Å². The second-order valence-electron chi connectivity index (χ2n) is 6.39. The minimum Gasteiger partial charge on any atom is -0.507 e. The third kappa shape index (κ3) is 3.16. The lowest BCUT2D eigenvalue weighted by atomic mass is 9.98. The van der Waals surface area contributed by atoms with Crippen molar-refractivity contribution in [3.05, 3.63) is 101 Å². The van der Waals surface area contributed by atoms with Crippen LogP contribution in [-0.2, 0) is 9.59 Å². The van der Waals surface area contributed by atoms with Crippen LogP contribution in [0.2, 0.25) is 0 Å². The number of hydrogen-bond donors (Lipinski definition) is 1. The number of carbonyl (C=O) groups is 2. The lowest BCUT2D eigenvalue weighted by Gasteiger charge is -2.25. The number of hydrogen-bond acceptors (Lipinski definition) is 4. The van der Waals surface area contributed by atoms with E-state index in [2.05, 4.69) is 4.98 Å². The fraction of sp³-hybridized carbons (Fsp3) is 0.0455. The van der Waals surface area contributed by atoms with E-state index in [0.29, 0.717) is 5.56 Å². The SMILES string of the molecule is O=C1C(=O)N(c2cc(F)ccc2F)C(c2ccccn2)/C1=C(\O)c1ccccc1. The van der Waals surface area contributed by atoms with E-state index in [-0.39, 0.29) is 11.3 Å². The quantitative estimate of drug-likeness (QED) is 0.416. The van der Waals surface area contributed by atoms with E-state index in [1.165, 1.54) is 6.20 Å². The Morgan fingerprint density at radius 1 is 0.966 bits per heavy atom. The van der Waals surface area contributed by atoms with E-state index in [0.717, 1.165) is 23.1 Å². The largest absolute Gasteiger partial charge is 0.507 e. The standard InChI is InChI=1S/C22H14F2N2O3/c23-14-9-10-15(24)17(12-14)26-19(16-8-4-5-11-25-16)18(21(28)22(26)29)20(27)13-6-2-1-3-7-13/h1-12,19,27H/b20-18+. The molecule has 1 unspecified atom stereocenters. The highest BCUT2D eigenvalue weighted by molar-refractivity contribution is 6.51. The lowest BCUT2D eigenvalue weighted by Crippen LogP contribution is -2.30. The van der Waals surface area contributed by atoms with Gasteiger partial charge in [0.25, 0.3) is 11.7 Å². The van der Waals surface area contributed by atoms with E-state index in [9.17, 15) is 23.5 Å². The molecule has 1 saturated heterocycles. The number of aromatic nitrogens is 1. The summed E-state index contributed by atoms with van der Waals surface area (Å²) in [5, 5.41) is 10.8. The molecule has 144 valence electrons. The number of nitrogens with zero attached hydrogens (tertiary/aromatic N) is 2. The Morgan fingerprint density at radius 2 is 1.69 bits per heavy atom. The van der Waals surface area contributed by atoms with Gasteiger partial charge >= 0.3 is 0 Å². The number of Topliss-reactive ketones (excluding diaryl/α,β-unsaturated/α-hetero) is 1. The molecule has 2 heterocycles. The zero-order valence-corrected chi connectivity index (χ0v) is 14.9. The Bertz CT molecular complexity index is 1130. The van der Waals surface area contributed by atoms with Crippen molar-refractivity contribution < 1.29 is 23.5 Å². The van der Waals surface area contributed by atoms with Crippen LogP contribution in [0.15, 0.2) is 78.5 Å². The molecule has 1 aromatic heterocycles. The molecule has 1 aliphatic heterocycles. The fourth-order valence-corrected chi connectivity index (χ4v) is 3.32. The summed E-state index contributed by atoms with van der Waals surface area (Å²) in [6.07, 6.45) is 1.44. The molecule has 2 aromatic carbocycles. The molecular weight excluding hydrogens is 378 g/mol. The number of halogens is 2. The van der Waals surface area contributed by atoms with Crippen molar-refractivity contribution in [2.75, 3.05) is 4.90 Å². The number of pyridine rings is 1. The van der Waals surface area contributed by atoms with Crippen molar-refractivity contribution in [3.8, 4) is 0 Å². The smallest absolute Gasteiger partial charge is 0.300 e. The number of amides is 1. The number of ketones is 1. The molecule has 0 spiro atoms. The van der Waals surface area contributed by atoms with E-state index >= 15 is 0 Å². The molecule has 1 aliphatic rings. The van der Waals surface area contributed by atoms with Gasteiger partial charge < -0.3 is 5.11 Å². The minimum absolute atomic E-state index is 0.229. The number of rotatable bonds is 3. The van der Waals surface area contributed by atoms with Crippen molar-refractivity contribution in [2.24, 2.45) is 0 Å². The van der Waals surface area contributed by atoms with Gasteiger partial charge in [0, 0.05) is 17.8 Å². The highest BCUT2D eigenvalue weighted by atomic mass is 19.1. The predicted octanol–water partition coefficient (Wildman–Crippen LogP) is 3.99. The summed E-state index contributed by atoms with van der Waals surface area (Å²) in [6.45, 7) is 0. The van der Waals surface area contributed by atoms with Gasteiger partial charge in [-0.15, -0.1) is 0 Å². The molecule has 0 aliphatic carbocycles. The molecule has 7 heteroatoms. The molecule has 29 heavy (non-hydrogen) atoms. The average Bonchev–Trinajstić information content (AvgIpc) is 3.01. The van der Waals surface area contributed by atoms with Gasteiger partial charge in [-0.2, -0.15) is 0 Å². The molecule has 5 nitrogen and oxygen atoms in total. The number of benzene rings is 2. The average molecular weight is 392 g/mol. The van der Waals surface area contributed by atoms with Crippen LogP contribution in [0.4, 0.5) is 14.5 Å². The lowest BCUT2D eigenvalue weighted by molar-refractivity contribution is -0.132. The third-order valence-corrected chi connectivity index (χ3v) is 4.63. The van der Waals surface area contributed by atoms with Crippen LogP contribution in [-0.4, -0.2) is 21.8 Å². The summed E-state index contributed by atoms with van der Waals surface area (Å²) in [7, 11) is 0. The molecular formula is C22H14F2N2O3. The summed E-state index contributed by atoms with van der Waals surface area (Å²) in [5.41, 5.74) is -0.114. The van der Waals surface area contributed by atoms with E-state index in [1.54, 1.807) is 48.5 Å². The Morgan fingerprint density at radius 3 is 2.38 bits per heavy atom. The first kappa shape index (κ1) is 18.5. The maximum atomic E-state index is 14.5. The molecule has 1 fully saturated rings. The summed E-state index contributed by atoms with van der Waals surface area (Å²) in [4.78, 5) is 30.7. The van der Waals surface area contributed by atoms with Gasteiger partial charge in [0.05, 0.1) is 17.0 Å². The van der Waals surface area contributed by atoms with Crippen LogP contribution in [0.5, 0.6) is 0 Å². The maximum Gasteiger partial charge on any atom is 0.300 e. The van der Waals surface area contributed by atoms with Gasteiger partial charge in [0.15, 0.2) is 0 Å². The Kier molecular flexibility index (Phi) is 4.64. The van der Waals surface area contributed by atoms with Crippen molar-refractivity contribution in [2.45, 2.75) is 6.04 Å². The summed E-state index contributed by atoms with van der Waals surface area (Å²) in [5.74, 6) is -4.16. The van der Waals surface area contributed by atoms with Crippen molar-refractivity contribution in [3.63, 3.8) is 0 Å². The maximum absolute atomic E-state index is 14.5.